The van der Waals surface area contributed by atoms with Crippen LogP contribution in [0.5, 0.6) is 0 Å². The minimum Gasteiger partial charge on any atom is -0.343 e. The number of hydrogen-bond donors (Lipinski definition) is 2. The van der Waals surface area contributed by atoms with Crippen molar-refractivity contribution in [1.82, 2.24) is 40.6 Å². The Hall–Kier alpha value is -3.34. The number of tetrazole rings is 1. The fourth-order valence-corrected chi connectivity index (χ4v) is 7.11. The molecule has 3 aliphatic rings. The maximum atomic E-state index is 14.0. The quantitative estimate of drug-likeness (QED) is 0.407. The van der Waals surface area contributed by atoms with Crippen molar-refractivity contribution in [2.45, 2.75) is 76.7 Å². The Kier molecular flexibility index (Phi) is 9.35. The number of fused-ring (bicyclic) bond motifs is 1. The third kappa shape index (κ3) is 7.08. The number of hydrogen-bond acceptors (Lipinski definition) is 7. The van der Waals surface area contributed by atoms with E-state index in [-0.39, 0.29) is 17.9 Å². The molecule has 2 aromatic carbocycles. The fourth-order valence-electron chi connectivity index (χ4n) is 6.98. The van der Waals surface area contributed by atoms with Crippen molar-refractivity contribution in [1.29, 1.82) is 0 Å². The van der Waals surface area contributed by atoms with Crippen molar-refractivity contribution in [3.63, 3.8) is 0 Å². The minimum atomic E-state index is -0.649. The van der Waals surface area contributed by atoms with E-state index >= 15 is 0 Å². The number of rotatable bonds is 8. The Morgan fingerprint density at radius 2 is 1.77 bits per heavy atom. The second-order valence-electron chi connectivity index (χ2n) is 12.2. The molecule has 1 aliphatic carbocycles. The average molecular weight is 605 g/mol. The van der Waals surface area contributed by atoms with Crippen molar-refractivity contribution >= 4 is 23.4 Å². The third-order valence-corrected chi connectivity index (χ3v) is 9.70. The first-order chi connectivity index (χ1) is 20.9. The van der Waals surface area contributed by atoms with Gasteiger partial charge in [-0.2, -0.15) is 0 Å². The summed E-state index contributed by atoms with van der Waals surface area (Å²) in [4.78, 5) is 32.0. The van der Waals surface area contributed by atoms with Gasteiger partial charge in [-0.25, -0.2) is 4.68 Å². The van der Waals surface area contributed by atoms with Crippen molar-refractivity contribution in [3.05, 3.63) is 76.1 Å². The summed E-state index contributed by atoms with van der Waals surface area (Å²) in [5.74, 6) is 1.18. The van der Waals surface area contributed by atoms with Crippen LogP contribution in [0, 0.1) is 12.8 Å². The Balaban J connectivity index is 1.11. The monoisotopic (exact) mass is 604 g/mol. The zero-order valence-electron chi connectivity index (χ0n) is 24.8. The summed E-state index contributed by atoms with van der Waals surface area (Å²) in [5, 5.41) is 19.2. The lowest BCUT2D eigenvalue weighted by molar-refractivity contribution is -0.139. The molecule has 2 N–H and O–H groups in total. The van der Waals surface area contributed by atoms with E-state index in [1.807, 2.05) is 52.9 Å². The molecule has 11 heteroatoms. The highest BCUT2D eigenvalue weighted by atomic mass is 35.5. The van der Waals surface area contributed by atoms with Crippen LogP contribution in [0.2, 0.25) is 5.02 Å². The summed E-state index contributed by atoms with van der Waals surface area (Å²) in [6.45, 7) is 6.36. The summed E-state index contributed by atoms with van der Waals surface area (Å²) in [6, 6.07) is 15.1. The predicted octanol–water partition coefficient (Wildman–Crippen LogP) is 2.78. The van der Waals surface area contributed by atoms with Crippen molar-refractivity contribution in [2.75, 3.05) is 26.2 Å². The van der Waals surface area contributed by atoms with E-state index in [2.05, 4.69) is 43.2 Å². The molecule has 3 heterocycles. The zero-order valence-corrected chi connectivity index (χ0v) is 25.5. The van der Waals surface area contributed by atoms with E-state index in [4.69, 9.17) is 11.6 Å². The first-order valence-corrected chi connectivity index (χ1v) is 15.9. The highest BCUT2D eigenvalue weighted by molar-refractivity contribution is 6.30. The molecule has 1 aromatic heterocycles. The Morgan fingerprint density at radius 3 is 2.51 bits per heavy atom. The SMILES string of the molecule is Cc1nnnn1CC1CCCCC1N1CCN(C(=O)[C@H](Cc2ccc(Cl)cc2)NC(=O)C2Cc3ccccc3CN2)CC1. The van der Waals surface area contributed by atoms with Gasteiger partial charge in [0.15, 0.2) is 0 Å². The lowest BCUT2D eigenvalue weighted by Gasteiger charge is -2.44. The standard InChI is InChI=1S/C32H41ClN8O2/c1-22-36-37-38-41(22)21-26-8-4-5-9-30(26)39-14-16-40(17-15-39)32(43)29(18-23-10-12-27(33)13-11-23)35-31(42)28-19-24-6-2-3-7-25(24)20-34-28/h2-3,6-7,10-13,26,28-30,34H,4-5,8-9,14-21H2,1H3,(H,35,42)/t26?,28?,29-,30?/m0/s1. The van der Waals surface area contributed by atoms with Gasteiger partial charge in [-0.1, -0.05) is 60.8 Å². The van der Waals surface area contributed by atoms with Crippen LogP contribution in [0.15, 0.2) is 48.5 Å². The zero-order chi connectivity index (χ0) is 29.8. The van der Waals surface area contributed by atoms with Gasteiger partial charge in [-0.3, -0.25) is 14.5 Å². The molecular formula is C32H41ClN8O2. The van der Waals surface area contributed by atoms with Gasteiger partial charge in [0.05, 0.1) is 6.04 Å². The number of carbonyl (C=O) groups excluding carboxylic acids is 2. The number of nitrogens with one attached hydrogen (secondary N) is 2. The molecule has 10 nitrogen and oxygen atoms in total. The Morgan fingerprint density at radius 1 is 1.02 bits per heavy atom. The number of nitrogens with zero attached hydrogens (tertiary/aromatic N) is 6. The fraction of sp³-hybridized carbons (Fsp3) is 0.531. The molecule has 228 valence electrons. The van der Waals surface area contributed by atoms with Crippen LogP contribution in [0.3, 0.4) is 0 Å². The first-order valence-electron chi connectivity index (χ1n) is 15.5. The van der Waals surface area contributed by atoms with Crippen LogP contribution >= 0.6 is 11.6 Å². The number of aromatic nitrogens is 4. The first kappa shape index (κ1) is 29.7. The maximum absolute atomic E-state index is 14.0. The maximum Gasteiger partial charge on any atom is 0.245 e. The molecular weight excluding hydrogens is 564 g/mol. The van der Waals surface area contributed by atoms with Gasteiger partial charge in [0.1, 0.15) is 11.9 Å². The highest BCUT2D eigenvalue weighted by Gasteiger charge is 2.36. The lowest BCUT2D eigenvalue weighted by atomic mass is 9.83. The second-order valence-corrected chi connectivity index (χ2v) is 12.6. The molecule has 3 unspecified atom stereocenters. The van der Waals surface area contributed by atoms with Crippen molar-refractivity contribution in [3.8, 4) is 0 Å². The molecule has 43 heavy (non-hydrogen) atoms. The van der Waals surface area contributed by atoms with E-state index in [0.717, 1.165) is 43.9 Å². The van der Waals surface area contributed by atoms with Gasteiger partial charge in [0, 0.05) is 56.8 Å². The summed E-state index contributed by atoms with van der Waals surface area (Å²) >= 11 is 6.13. The molecule has 2 amide bonds. The van der Waals surface area contributed by atoms with Crippen LogP contribution < -0.4 is 10.6 Å². The number of carbonyl (C=O) groups is 2. The molecule has 1 saturated heterocycles. The number of aryl methyl sites for hydroxylation is 1. The number of amides is 2. The smallest absolute Gasteiger partial charge is 0.245 e. The molecule has 3 aromatic rings. The third-order valence-electron chi connectivity index (χ3n) is 9.45. The Labute approximate surface area is 258 Å². The van der Waals surface area contributed by atoms with Gasteiger partial charge in [-0.05, 0) is 71.4 Å². The molecule has 0 radical (unpaired) electrons. The average Bonchev–Trinajstić information content (AvgIpc) is 3.45. The lowest BCUT2D eigenvalue weighted by Crippen LogP contribution is -2.59. The van der Waals surface area contributed by atoms with E-state index in [1.165, 1.54) is 24.0 Å². The van der Waals surface area contributed by atoms with E-state index in [1.54, 1.807) is 0 Å². The summed E-state index contributed by atoms with van der Waals surface area (Å²) in [5.41, 5.74) is 3.35. The van der Waals surface area contributed by atoms with Gasteiger partial charge < -0.3 is 15.5 Å². The predicted molar refractivity (Wildman–Crippen MR) is 164 cm³/mol. The minimum absolute atomic E-state index is 0.0244. The normalized spacial score (nSPS) is 23.4. The molecule has 2 fully saturated rings. The Bertz CT molecular complexity index is 1400. The molecule has 4 atom stereocenters. The molecule has 0 spiro atoms. The van der Waals surface area contributed by atoms with Gasteiger partial charge in [-0.15, -0.1) is 5.10 Å². The number of piperazine rings is 1. The topological polar surface area (TPSA) is 108 Å². The second kappa shape index (κ2) is 13.5. The molecule has 1 saturated carbocycles. The summed E-state index contributed by atoms with van der Waals surface area (Å²) < 4.78 is 1.92. The van der Waals surface area contributed by atoms with E-state index in [0.29, 0.717) is 49.5 Å². The summed E-state index contributed by atoms with van der Waals surface area (Å²) in [6.07, 6.45) is 5.80. The van der Waals surface area contributed by atoms with Gasteiger partial charge >= 0.3 is 0 Å². The molecule has 2 aliphatic heterocycles. The number of halogens is 1. The van der Waals surface area contributed by atoms with Crippen LogP contribution in [0.1, 0.15) is 48.2 Å². The van der Waals surface area contributed by atoms with Gasteiger partial charge in [0.2, 0.25) is 11.8 Å². The van der Waals surface area contributed by atoms with Crippen LogP contribution in [0.4, 0.5) is 0 Å². The van der Waals surface area contributed by atoms with E-state index in [9.17, 15) is 9.59 Å². The van der Waals surface area contributed by atoms with Crippen molar-refractivity contribution in [2.24, 2.45) is 5.92 Å². The number of benzene rings is 2. The van der Waals surface area contributed by atoms with E-state index < -0.39 is 6.04 Å². The molecule has 6 rings (SSSR count). The largest absolute Gasteiger partial charge is 0.343 e. The van der Waals surface area contributed by atoms with Crippen LogP contribution in [0.25, 0.3) is 0 Å². The van der Waals surface area contributed by atoms with Gasteiger partial charge in [0.25, 0.3) is 0 Å². The van der Waals surface area contributed by atoms with Crippen LogP contribution in [-0.4, -0.2) is 86.1 Å². The highest BCUT2D eigenvalue weighted by Crippen LogP contribution is 2.31. The van der Waals surface area contributed by atoms with Crippen molar-refractivity contribution < 1.29 is 9.59 Å². The molecule has 0 bridgehead atoms. The summed E-state index contributed by atoms with van der Waals surface area (Å²) in [7, 11) is 0. The van der Waals surface area contributed by atoms with Crippen LogP contribution in [-0.2, 0) is 35.5 Å².